The molecule has 5 heteroatoms. The Hall–Kier alpha value is -2.40. The monoisotopic (exact) mass is 354 g/mol. The first-order chi connectivity index (χ1) is 10.7. The minimum Gasteiger partial charge on any atom is -0.339 e. The van der Waals surface area contributed by atoms with Gasteiger partial charge in [-0.1, -0.05) is 29.8 Å². The second kappa shape index (κ2) is 6.58. The van der Waals surface area contributed by atoms with Crippen molar-refractivity contribution in [3.8, 4) is 0 Å². The fourth-order valence-electron chi connectivity index (χ4n) is 1.96. The highest BCUT2D eigenvalue weighted by Gasteiger charge is 2.03. The molecule has 22 heavy (non-hydrogen) atoms. The van der Waals surface area contributed by atoms with Gasteiger partial charge in [-0.2, -0.15) is 4.98 Å². The van der Waals surface area contributed by atoms with Crippen LogP contribution in [0.5, 0.6) is 0 Å². The number of aryl methyl sites for hydroxylation is 1. The molecule has 3 aromatic rings. The van der Waals surface area contributed by atoms with Crippen LogP contribution >= 0.6 is 15.9 Å². The van der Waals surface area contributed by atoms with Crippen molar-refractivity contribution in [2.24, 2.45) is 0 Å². The molecule has 0 atom stereocenters. The van der Waals surface area contributed by atoms with Crippen molar-refractivity contribution < 1.29 is 0 Å². The third-order valence-electron chi connectivity index (χ3n) is 3.10. The topological polar surface area (TPSA) is 49.8 Å². The van der Waals surface area contributed by atoms with E-state index in [1.165, 1.54) is 5.56 Å². The Balaban J connectivity index is 1.78. The predicted molar refractivity (Wildman–Crippen MR) is 93.9 cm³/mol. The molecule has 2 aromatic carbocycles. The normalized spacial score (nSPS) is 10.3. The molecular weight excluding hydrogens is 340 g/mol. The zero-order valence-corrected chi connectivity index (χ0v) is 13.6. The summed E-state index contributed by atoms with van der Waals surface area (Å²) < 4.78 is 0.988. The van der Waals surface area contributed by atoms with Gasteiger partial charge in [-0.15, -0.1) is 0 Å². The van der Waals surface area contributed by atoms with Gasteiger partial charge in [-0.25, -0.2) is 4.98 Å². The SMILES string of the molecule is Cc1ccc(Nc2nccc(Nc3ccccc3Br)n2)cc1. The van der Waals surface area contributed by atoms with Gasteiger partial charge in [-0.3, -0.25) is 0 Å². The average molecular weight is 355 g/mol. The van der Waals surface area contributed by atoms with E-state index in [2.05, 4.69) is 43.5 Å². The zero-order chi connectivity index (χ0) is 15.4. The Kier molecular flexibility index (Phi) is 4.34. The smallest absolute Gasteiger partial charge is 0.229 e. The number of anilines is 4. The van der Waals surface area contributed by atoms with Crippen molar-refractivity contribution in [1.29, 1.82) is 0 Å². The molecule has 3 rings (SSSR count). The molecule has 0 unspecified atom stereocenters. The zero-order valence-electron chi connectivity index (χ0n) is 12.0. The van der Waals surface area contributed by atoms with Crippen LogP contribution in [-0.2, 0) is 0 Å². The number of nitrogens with one attached hydrogen (secondary N) is 2. The standard InChI is InChI=1S/C17H15BrN4/c1-12-6-8-13(9-7-12)20-17-19-11-10-16(22-17)21-15-5-3-2-4-14(15)18/h2-11H,1H3,(H2,19,20,21,22). The third-order valence-corrected chi connectivity index (χ3v) is 3.79. The molecule has 0 aliphatic carbocycles. The first-order valence-corrected chi connectivity index (χ1v) is 7.68. The number of para-hydroxylation sites is 1. The molecule has 0 aliphatic rings. The van der Waals surface area contributed by atoms with Gasteiger partial charge in [0.15, 0.2) is 0 Å². The van der Waals surface area contributed by atoms with Gasteiger partial charge in [0.05, 0.1) is 5.69 Å². The fourth-order valence-corrected chi connectivity index (χ4v) is 2.34. The summed E-state index contributed by atoms with van der Waals surface area (Å²) in [6.07, 6.45) is 1.72. The van der Waals surface area contributed by atoms with Crippen molar-refractivity contribution in [2.75, 3.05) is 10.6 Å². The van der Waals surface area contributed by atoms with Crippen molar-refractivity contribution in [3.05, 3.63) is 70.8 Å². The van der Waals surface area contributed by atoms with E-state index in [0.29, 0.717) is 5.95 Å². The molecule has 0 aliphatic heterocycles. The number of hydrogen-bond acceptors (Lipinski definition) is 4. The van der Waals surface area contributed by atoms with Gasteiger partial charge < -0.3 is 10.6 Å². The summed E-state index contributed by atoms with van der Waals surface area (Å²) in [4.78, 5) is 8.72. The summed E-state index contributed by atoms with van der Waals surface area (Å²) in [7, 11) is 0. The van der Waals surface area contributed by atoms with Gasteiger partial charge in [0.2, 0.25) is 5.95 Å². The molecule has 1 aromatic heterocycles. The lowest BCUT2D eigenvalue weighted by Crippen LogP contribution is -2.00. The molecule has 0 radical (unpaired) electrons. The molecule has 0 saturated heterocycles. The first-order valence-electron chi connectivity index (χ1n) is 6.89. The lowest BCUT2D eigenvalue weighted by atomic mass is 10.2. The van der Waals surface area contributed by atoms with E-state index >= 15 is 0 Å². The van der Waals surface area contributed by atoms with Crippen molar-refractivity contribution >= 4 is 39.1 Å². The van der Waals surface area contributed by atoms with E-state index in [1.807, 2.05) is 54.6 Å². The van der Waals surface area contributed by atoms with E-state index in [4.69, 9.17) is 0 Å². The maximum absolute atomic E-state index is 4.47. The predicted octanol–water partition coefficient (Wildman–Crippen LogP) is 5.03. The lowest BCUT2D eigenvalue weighted by molar-refractivity contribution is 1.16. The van der Waals surface area contributed by atoms with E-state index in [0.717, 1.165) is 21.7 Å². The quantitative estimate of drug-likeness (QED) is 0.689. The minimum atomic E-state index is 0.556. The maximum Gasteiger partial charge on any atom is 0.229 e. The van der Waals surface area contributed by atoms with Gasteiger partial charge >= 0.3 is 0 Å². The van der Waals surface area contributed by atoms with Crippen molar-refractivity contribution in [2.45, 2.75) is 6.92 Å². The molecule has 4 nitrogen and oxygen atoms in total. The highest BCUT2D eigenvalue weighted by atomic mass is 79.9. The Labute approximate surface area is 137 Å². The third kappa shape index (κ3) is 3.62. The maximum atomic E-state index is 4.47. The summed E-state index contributed by atoms with van der Waals surface area (Å²) in [5.41, 5.74) is 3.14. The second-order valence-electron chi connectivity index (χ2n) is 4.86. The molecule has 110 valence electrons. The van der Waals surface area contributed by atoms with Crippen LogP contribution in [0.25, 0.3) is 0 Å². The summed E-state index contributed by atoms with van der Waals surface area (Å²) in [5.74, 6) is 1.29. The van der Waals surface area contributed by atoms with Crippen LogP contribution in [0.1, 0.15) is 5.56 Å². The molecular formula is C17H15BrN4. The molecule has 0 amide bonds. The van der Waals surface area contributed by atoms with Crippen LogP contribution in [0.3, 0.4) is 0 Å². The van der Waals surface area contributed by atoms with Crippen LogP contribution < -0.4 is 10.6 Å². The van der Waals surface area contributed by atoms with E-state index in [1.54, 1.807) is 6.20 Å². The van der Waals surface area contributed by atoms with Crippen LogP contribution in [0.4, 0.5) is 23.1 Å². The minimum absolute atomic E-state index is 0.556. The largest absolute Gasteiger partial charge is 0.339 e. The average Bonchev–Trinajstić information content (AvgIpc) is 2.52. The summed E-state index contributed by atoms with van der Waals surface area (Å²) in [5, 5.41) is 6.47. The number of hydrogen-bond donors (Lipinski definition) is 2. The Morgan fingerprint density at radius 3 is 2.45 bits per heavy atom. The molecule has 0 saturated carbocycles. The number of nitrogens with zero attached hydrogens (tertiary/aromatic N) is 2. The van der Waals surface area contributed by atoms with Crippen LogP contribution in [0, 0.1) is 6.92 Å². The highest BCUT2D eigenvalue weighted by Crippen LogP contribution is 2.24. The van der Waals surface area contributed by atoms with Crippen molar-refractivity contribution in [3.63, 3.8) is 0 Å². The van der Waals surface area contributed by atoms with Gasteiger partial charge in [0.1, 0.15) is 5.82 Å². The number of benzene rings is 2. The van der Waals surface area contributed by atoms with E-state index in [9.17, 15) is 0 Å². The summed E-state index contributed by atoms with van der Waals surface area (Å²) in [6, 6.07) is 17.9. The molecule has 0 fully saturated rings. The highest BCUT2D eigenvalue weighted by molar-refractivity contribution is 9.10. The molecule has 0 spiro atoms. The van der Waals surface area contributed by atoms with Crippen molar-refractivity contribution in [1.82, 2.24) is 9.97 Å². The number of aromatic nitrogens is 2. The van der Waals surface area contributed by atoms with E-state index < -0.39 is 0 Å². The van der Waals surface area contributed by atoms with Gasteiger partial charge in [-0.05, 0) is 53.2 Å². The van der Waals surface area contributed by atoms with Gasteiger partial charge in [0.25, 0.3) is 0 Å². The van der Waals surface area contributed by atoms with E-state index in [-0.39, 0.29) is 0 Å². The summed E-state index contributed by atoms with van der Waals surface area (Å²) >= 11 is 3.51. The number of halogens is 1. The first kappa shape index (κ1) is 14.5. The number of rotatable bonds is 4. The molecule has 1 heterocycles. The van der Waals surface area contributed by atoms with Crippen LogP contribution in [-0.4, -0.2) is 9.97 Å². The van der Waals surface area contributed by atoms with Crippen LogP contribution in [0.2, 0.25) is 0 Å². The lowest BCUT2D eigenvalue weighted by Gasteiger charge is -2.09. The fraction of sp³-hybridized carbons (Fsp3) is 0.0588. The second-order valence-corrected chi connectivity index (χ2v) is 5.72. The van der Waals surface area contributed by atoms with Crippen LogP contribution in [0.15, 0.2) is 65.3 Å². The Morgan fingerprint density at radius 1 is 0.909 bits per heavy atom. The molecule has 0 bridgehead atoms. The molecule has 2 N–H and O–H groups in total. The Morgan fingerprint density at radius 2 is 1.68 bits per heavy atom. The Bertz CT molecular complexity index is 772. The van der Waals surface area contributed by atoms with Gasteiger partial charge in [0, 0.05) is 16.4 Å². The summed E-state index contributed by atoms with van der Waals surface area (Å²) in [6.45, 7) is 2.06.